The first kappa shape index (κ1) is 12.3. The second-order valence-corrected chi connectivity index (χ2v) is 3.99. The highest BCUT2D eigenvalue weighted by atomic mass is 79.9. The summed E-state index contributed by atoms with van der Waals surface area (Å²) in [6.07, 6.45) is 2.69. The molecule has 0 fully saturated rings. The van der Waals surface area contributed by atoms with Gasteiger partial charge in [0.05, 0.1) is 17.5 Å². The molecule has 0 unspecified atom stereocenters. The van der Waals surface area contributed by atoms with Crippen LogP contribution in [0.15, 0.2) is 39.7 Å². The van der Waals surface area contributed by atoms with Gasteiger partial charge >= 0.3 is 5.97 Å². The van der Waals surface area contributed by atoms with Crippen LogP contribution in [0.1, 0.15) is 20.8 Å². The molecule has 0 aromatic carbocycles. The smallest absolute Gasteiger partial charge is 0.356 e. The molecular formula is C11H7BrN2O4. The molecule has 7 heteroatoms. The molecule has 0 radical (unpaired) electrons. The van der Waals surface area contributed by atoms with Gasteiger partial charge in [0, 0.05) is 6.20 Å². The Morgan fingerprint density at radius 2 is 2.17 bits per heavy atom. The number of nitrogens with zero attached hydrogens (tertiary/aromatic N) is 1. The summed E-state index contributed by atoms with van der Waals surface area (Å²) in [7, 11) is 0. The summed E-state index contributed by atoms with van der Waals surface area (Å²) in [6, 6.07) is 4.46. The molecule has 2 rings (SSSR count). The van der Waals surface area contributed by atoms with Crippen LogP contribution in [-0.2, 0) is 0 Å². The summed E-state index contributed by atoms with van der Waals surface area (Å²) in [5, 5.41) is 11.4. The van der Waals surface area contributed by atoms with Crippen LogP contribution in [0.2, 0.25) is 0 Å². The predicted molar refractivity (Wildman–Crippen MR) is 65.6 cm³/mol. The summed E-state index contributed by atoms with van der Waals surface area (Å²) < 4.78 is 5.20. The van der Waals surface area contributed by atoms with Crippen LogP contribution >= 0.6 is 15.9 Å². The highest BCUT2D eigenvalue weighted by Gasteiger charge is 2.17. The van der Waals surface area contributed by atoms with Crippen molar-refractivity contribution < 1.29 is 19.1 Å². The number of aromatic nitrogens is 1. The van der Waals surface area contributed by atoms with Gasteiger partial charge in [-0.25, -0.2) is 9.78 Å². The molecule has 2 N–H and O–H groups in total. The van der Waals surface area contributed by atoms with Crippen LogP contribution in [0.5, 0.6) is 0 Å². The zero-order chi connectivity index (χ0) is 13.1. The van der Waals surface area contributed by atoms with Crippen molar-refractivity contribution in [1.82, 2.24) is 4.98 Å². The summed E-state index contributed by atoms with van der Waals surface area (Å²) >= 11 is 3.07. The van der Waals surface area contributed by atoms with Gasteiger partial charge in [0.25, 0.3) is 5.91 Å². The van der Waals surface area contributed by atoms with Crippen LogP contribution in [-0.4, -0.2) is 22.0 Å². The Morgan fingerprint density at radius 3 is 2.78 bits per heavy atom. The van der Waals surface area contributed by atoms with E-state index in [0.717, 1.165) is 0 Å². The molecule has 0 aliphatic carbocycles. The molecule has 92 valence electrons. The summed E-state index contributed by atoms with van der Waals surface area (Å²) in [5.41, 5.74) is 0.184. The molecule has 0 saturated carbocycles. The number of rotatable bonds is 3. The number of carboxylic acids is 1. The Morgan fingerprint density at radius 1 is 1.39 bits per heavy atom. The molecule has 2 aromatic heterocycles. The third-order valence-electron chi connectivity index (χ3n) is 2.12. The third-order valence-corrected chi connectivity index (χ3v) is 2.74. The van der Waals surface area contributed by atoms with Crippen LogP contribution in [0, 0.1) is 0 Å². The standard InChI is InChI=1S/C11H7BrN2O4/c12-9-6(3-5-18-9)10(15)14-7-2-1-4-13-8(7)11(16)17/h1-5H,(H,14,15)(H,16,17). The Hall–Kier alpha value is -2.15. The zero-order valence-corrected chi connectivity index (χ0v) is 10.5. The molecule has 0 aliphatic heterocycles. The molecule has 0 aliphatic rings. The average Bonchev–Trinajstić information content (AvgIpc) is 2.76. The fourth-order valence-corrected chi connectivity index (χ4v) is 1.74. The molecule has 18 heavy (non-hydrogen) atoms. The lowest BCUT2D eigenvalue weighted by Gasteiger charge is -2.06. The highest BCUT2D eigenvalue weighted by Crippen LogP contribution is 2.20. The lowest BCUT2D eigenvalue weighted by Crippen LogP contribution is -2.15. The maximum Gasteiger partial charge on any atom is 0.356 e. The molecule has 0 bridgehead atoms. The van der Waals surface area contributed by atoms with E-state index in [0.29, 0.717) is 0 Å². The van der Waals surface area contributed by atoms with E-state index in [-0.39, 0.29) is 21.6 Å². The first-order valence-corrected chi connectivity index (χ1v) is 5.61. The van der Waals surface area contributed by atoms with Gasteiger partial charge in [-0.15, -0.1) is 0 Å². The van der Waals surface area contributed by atoms with Gasteiger partial charge in [-0.3, -0.25) is 4.79 Å². The minimum absolute atomic E-state index is 0.128. The van der Waals surface area contributed by atoms with E-state index in [9.17, 15) is 9.59 Å². The van der Waals surface area contributed by atoms with Crippen molar-refractivity contribution in [2.45, 2.75) is 0 Å². The van der Waals surface area contributed by atoms with Crippen LogP contribution in [0.3, 0.4) is 0 Å². The first-order chi connectivity index (χ1) is 8.59. The van der Waals surface area contributed by atoms with E-state index in [1.807, 2.05) is 0 Å². The van der Waals surface area contributed by atoms with Gasteiger partial charge in [0.2, 0.25) is 0 Å². The number of amides is 1. The van der Waals surface area contributed by atoms with Gasteiger partial charge in [-0.1, -0.05) is 0 Å². The summed E-state index contributed by atoms with van der Waals surface area (Å²) in [5.74, 6) is -1.69. The largest absolute Gasteiger partial charge is 0.476 e. The Kier molecular flexibility index (Phi) is 3.42. The van der Waals surface area contributed by atoms with Crippen molar-refractivity contribution in [1.29, 1.82) is 0 Å². The van der Waals surface area contributed by atoms with E-state index < -0.39 is 11.9 Å². The lowest BCUT2D eigenvalue weighted by molar-refractivity contribution is 0.0692. The number of hydrogen-bond acceptors (Lipinski definition) is 4. The van der Waals surface area contributed by atoms with Gasteiger partial charge < -0.3 is 14.8 Å². The van der Waals surface area contributed by atoms with E-state index in [1.54, 1.807) is 0 Å². The number of carbonyl (C=O) groups excluding carboxylic acids is 1. The minimum Gasteiger partial charge on any atom is -0.476 e. The molecule has 6 nitrogen and oxygen atoms in total. The second kappa shape index (κ2) is 5.01. The predicted octanol–water partition coefficient (Wildman–Crippen LogP) is 2.39. The van der Waals surface area contributed by atoms with Crippen LogP contribution in [0.4, 0.5) is 5.69 Å². The molecule has 2 heterocycles. The zero-order valence-electron chi connectivity index (χ0n) is 8.88. The number of pyridine rings is 1. The van der Waals surface area contributed by atoms with Gasteiger partial charge in [-0.2, -0.15) is 0 Å². The number of halogens is 1. The number of hydrogen-bond donors (Lipinski definition) is 2. The normalized spacial score (nSPS) is 10.1. The maximum absolute atomic E-state index is 11.8. The van der Waals surface area contributed by atoms with Crippen molar-refractivity contribution >= 4 is 33.5 Å². The topological polar surface area (TPSA) is 92.4 Å². The fraction of sp³-hybridized carbons (Fsp3) is 0. The highest BCUT2D eigenvalue weighted by molar-refractivity contribution is 9.10. The summed E-state index contributed by atoms with van der Waals surface area (Å²) in [4.78, 5) is 26.4. The number of carboxylic acid groups (broad SMARTS) is 1. The Bertz CT molecular complexity index is 609. The van der Waals surface area contributed by atoms with Crippen molar-refractivity contribution in [3.8, 4) is 0 Å². The number of carbonyl (C=O) groups is 2. The molecular weight excluding hydrogens is 304 g/mol. The number of aromatic carboxylic acids is 1. The Balaban J connectivity index is 2.28. The number of furan rings is 1. The van der Waals surface area contributed by atoms with Crippen LogP contribution < -0.4 is 5.32 Å². The molecule has 0 spiro atoms. The maximum atomic E-state index is 11.8. The van der Waals surface area contributed by atoms with E-state index in [2.05, 4.69) is 26.2 Å². The third kappa shape index (κ3) is 2.40. The van der Waals surface area contributed by atoms with E-state index >= 15 is 0 Å². The lowest BCUT2D eigenvalue weighted by atomic mass is 10.2. The second-order valence-electron chi connectivity index (χ2n) is 3.27. The van der Waals surface area contributed by atoms with E-state index in [4.69, 9.17) is 9.52 Å². The van der Waals surface area contributed by atoms with Gasteiger partial charge in [0.1, 0.15) is 0 Å². The van der Waals surface area contributed by atoms with Crippen LogP contribution in [0.25, 0.3) is 0 Å². The number of anilines is 1. The summed E-state index contributed by atoms with van der Waals surface area (Å²) in [6.45, 7) is 0. The SMILES string of the molecule is O=C(Nc1cccnc1C(=O)O)c1ccoc1Br. The van der Waals surface area contributed by atoms with Gasteiger partial charge in [-0.05, 0) is 34.1 Å². The van der Waals surface area contributed by atoms with Crippen molar-refractivity contribution in [2.75, 3.05) is 5.32 Å². The molecule has 0 atom stereocenters. The van der Waals surface area contributed by atoms with E-state index in [1.165, 1.54) is 30.7 Å². The minimum atomic E-state index is -1.21. The molecule has 1 amide bonds. The van der Waals surface area contributed by atoms with Gasteiger partial charge in [0.15, 0.2) is 10.4 Å². The molecule has 2 aromatic rings. The number of nitrogens with one attached hydrogen (secondary N) is 1. The monoisotopic (exact) mass is 310 g/mol. The Labute approximate surface area is 110 Å². The fourth-order valence-electron chi connectivity index (χ4n) is 1.32. The van der Waals surface area contributed by atoms with Crippen molar-refractivity contribution in [3.05, 3.63) is 46.6 Å². The average molecular weight is 311 g/mol. The molecule has 0 saturated heterocycles. The van der Waals surface area contributed by atoms with Crippen molar-refractivity contribution in [2.24, 2.45) is 0 Å². The quantitative estimate of drug-likeness (QED) is 0.908. The van der Waals surface area contributed by atoms with Crippen molar-refractivity contribution in [3.63, 3.8) is 0 Å². The first-order valence-electron chi connectivity index (χ1n) is 4.82.